The summed E-state index contributed by atoms with van der Waals surface area (Å²) in [5.41, 5.74) is 2.96. The first-order chi connectivity index (χ1) is 10.2. The van der Waals surface area contributed by atoms with E-state index in [1.807, 2.05) is 19.3 Å². The monoisotopic (exact) mass is 286 g/mol. The van der Waals surface area contributed by atoms with Gasteiger partial charge in [-0.15, -0.1) is 0 Å². The van der Waals surface area contributed by atoms with E-state index in [4.69, 9.17) is 4.74 Å². The van der Waals surface area contributed by atoms with E-state index < -0.39 is 0 Å². The highest BCUT2D eigenvalue weighted by atomic mass is 16.5. The van der Waals surface area contributed by atoms with Crippen molar-refractivity contribution >= 4 is 5.91 Å². The summed E-state index contributed by atoms with van der Waals surface area (Å²) in [6, 6.07) is 2.01. The van der Waals surface area contributed by atoms with Crippen LogP contribution in [0.1, 0.15) is 18.4 Å². The Balaban J connectivity index is 1.64. The van der Waals surface area contributed by atoms with Crippen LogP contribution in [0, 0.1) is 0 Å². The molecule has 0 aliphatic carbocycles. The smallest absolute Gasteiger partial charge is 0.249 e. The molecule has 21 heavy (non-hydrogen) atoms. The Labute approximate surface area is 123 Å². The first-order valence-corrected chi connectivity index (χ1v) is 7.04. The predicted octanol–water partition coefficient (Wildman–Crippen LogP) is 1.28. The van der Waals surface area contributed by atoms with Gasteiger partial charge in [-0.3, -0.25) is 14.5 Å². The van der Waals surface area contributed by atoms with E-state index in [0.29, 0.717) is 13.2 Å². The third-order valence-electron chi connectivity index (χ3n) is 3.52. The van der Waals surface area contributed by atoms with Crippen molar-refractivity contribution in [3.63, 3.8) is 0 Å². The number of pyridine rings is 1. The number of aromatic nitrogens is 3. The van der Waals surface area contributed by atoms with Gasteiger partial charge >= 0.3 is 0 Å². The van der Waals surface area contributed by atoms with Crippen molar-refractivity contribution in [3.05, 3.63) is 36.4 Å². The third kappa shape index (κ3) is 3.28. The van der Waals surface area contributed by atoms with E-state index >= 15 is 0 Å². The molecule has 6 heteroatoms. The second-order valence-electron chi connectivity index (χ2n) is 5.20. The van der Waals surface area contributed by atoms with Gasteiger partial charge < -0.3 is 10.1 Å². The van der Waals surface area contributed by atoms with Crippen LogP contribution in [-0.4, -0.2) is 33.4 Å². The van der Waals surface area contributed by atoms with Crippen LogP contribution in [0.5, 0.6) is 0 Å². The summed E-state index contributed by atoms with van der Waals surface area (Å²) in [5, 5.41) is 7.05. The Kier molecular flexibility index (Phi) is 3.96. The van der Waals surface area contributed by atoms with Crippen LogP contribution in [-0.2, 0) is 23.1 Å². The van der Waals surface area contributed by atoms with Crippen LogP contribution in [0.3, 0.4) is 0 Å². The van der Waals surface area contributed by atoms with Crippen molar-refractivity contribution in [1.82, 2.24) is 20.1 Å². The van der Waals surface area contributed by atoms with Crippen LogP contribution >= 0.6 is 0 Å². The molecule has 0 radical (unpaired) electrons. The lowest BCUT2D eigenvalue weighted by atomic mass is 10.1. The zero-order valence-corrected chi connectivity index (χ0v) is 12.0. The summed E-state index contributed by atoms with van der Waals surface area (Å²) in [6.07, 6.45) is 8.75. The van der Waals surface area contributed by atoms with Crippen LogP contribution in [0.15, 0.2) is 30.9 Å². The van der Waals surface area contributed by atoms with Crippen molar-refractivity contribution in [3.8, 4) is 11.1 Å². The van der Waals surface area contributed by atoms with Crippen molar-refractivity contribution in [1.29, 1.82) is 0 Å². The summed E-state index contributed by atoms with van der Waals surface area (Å²) in [5.74, 6) is -0.0423. The first kappa shape index (κ1) is 13.8. The summed E-state index contributed by atoms with van der Waals surface area (Å²) in [4.78, 5) is 16.1. The van der Waals surface area contributed by atoms with E-state index in [9.17, 15) is 4.79 Å². The van der Waals surface area contributed by atoms with Gasteiger partial charge in [-0.1, -0.05) is 0 Å². The quantitative estimate of drug-likeness (QED) is 0.919. The molecule has 6 nitrogen and oxygen atoms in total. The van der Waals surface area contributed by atoms with E-state index in [1.54, 1.807) is 23.3 Å². The maximum absolute atomic E-state index is 11.9. The molecule has 1 saturated heterocycles. The number of amides is 1. The highest BCUT2D eigenvalue weighted by Crippen LogP contribution is 2.18. The maximum Gasteiger partial charge on any atom is 0.249 e. The second-order valence-corrected chi connectivity index (χ2v) is 5.20. The number of hydrogen-bond acceptors (Lipinski definition) is 4. The number of hydrogen-bond donors (Lipinski definition) is 1. The maximum atomic E-state index is 11.9. The number of carbonyl (C=O) groups excluding carboxylic acids is 1. The van der Waals surface area contributed by atoms with Gasteiger partial charge in [-0.25, -0.2) is 0 Å². The molecule has 3 heterocycles. The molecule has 0 saturated carbocycles. The Hall–Kier alpha value is -2.21. The van der Waals surface area contributed by atoms with Gasteiger partial charge in [0.15, 0.2) is 0 Å². The van der Waals surface area contributed by atoms with Crippen molar-refractivity contribution < 1.29 is 9.53 Å². The molecule has 1 atom stereocenters. The molecule has 1 aliphatic rings. The van der Waals surface area contributed by atoms with E-state index in [2.05, 4.69) is 15.4 Å². The van der Waals surface area contributed by atoms with Crippen LogP contribution in [0.25, 0.3) is 11.1 Å². The largest absolute Gasteiger partial charge is 0.368 e. The highest BCUT2D eigenvalue weighted by Gasteiger charge is 2.22. The van der Waals surface area contributed by atoms with Gasteiger partial charge in [0.1, 0.15) is 6.10 Å². The van der Waals surface area contributed by atoms with Crippen molar-refractivity contribution in [2.45, 2.75) is 25.5 Å². The fraction of sp³-hybridized carbons (Fsp3) is 0.400. The molecule has 1 fully saturated rings. The lowest BCUT2D eigenvalue weighted by Crippen LogP contribution is -2.33. The lowest BCUT2D eigenvalue weighted by molar-refractivity contribution is -0.130. The molecule has 0 unspecified atom stereocenters. The molecule has 1 amide bonds. The molecule has 0 spiro atoms. The molecule has 0 aromatic carbocycles. The van der Waals surface area contributed by atoms with E-state index in [1.165, 1.54) is 0 Å². The Morgan fingerprint density at radius 3 is 3.05 bits per heavy atom. The first-order valence-electron chi connectivity index (χ1n) is 7.04. The molecule has 0 bridgehead atoms. The number of aryl methyl sites for hydroxylation is 1. The molecule has 3 rings (SSSR count). The topological polar surface area (TPSA) is 69.0 Å². The lowest BCUT2D eigenvalue weighted by Gasteiger charge is -2.10. The van der Waals surface area contributed by atoms with E-state index in [-0.39, 0.29) is 12.0 Å². The van der Waals surface area contributed by atoms with Gasteiger partial charge in [0, 0.05) is 49.9 Å². The van der Waals surface area contributed by atoms with Gasteiger partial charge in [0.2, 0.25) is 5.91 Å². The highest BCUT2D eigenvalue weighted by molar-refractivity contribution is 5.81. The minimum absolute atomic E-state index is 0.0423. The number of nitrogens with zero attached hydrogens (tertiary/aromatic N) is 3. The Bertz CT molecular complexity index is 632. The summed E-state index contributed by atoms with van der Waals surface area (Å²) >= 11 is 0. The number of nitrogens with one attached hydrogen (secondary N) is 1. The molecule has 2 aromatic heterocycles. The van der Waals surface area contributed by atoms with Gasteiger partial charge in [0.25, 0.3) is 0 Å². The van der Waals surface area contributed by atoms with Gasteiger partial charge in [-0.2, -0.15) is 5.10 Å². The van der Waals surface area contributed by atoms with Crippen molar-refractivity contribution in [2.24, 2.45) is 7.05 Å². The molecular formula is C15H18N4O2. The zero-order valence-electron chi connectivity index (χ0n) is 12.0. The summed E-state index contributed by atoms with van der Waals surface area (Å²) in [7, 11) is 1.88. The molecule has 2 aromatic rings. The average Bonchev–Trinajstić information content (AvgIpc) is 3.16. The van der Waals surface area contributed by atoms with Crippen molar-refractivity contribution in [2.75, 3.05) is 6.61 Å². The second kappa shape index (κ2) is 6.05. The fourth-order valence-corrected chi connectivity index (χ4v) is 2.40. The zero-order chi connectivity index (χ0) is 14.7. The molecular weight excluding hydrogens is 268 g/mol. The average molecular weight is 286 g/mol. The number of carbonyl (C=O) groups is 1. The molecule has 110 valence electrons. The SMILES string of the molecule is Cn1cc(-c2cncc(CNC(=O)[C@H]3CCCO3)c2)cn1. The summed E-state index contributed by atoms with van der Waals surface area (Å²) < 4.78 is 7.11. The van der Waals surface area contributed by atoms with Crippen LogP contribution in [0.2, 0.25) is 0 Å². The van der Waals surface area contributed by atoms with E-state index in [0.717, 1.165) is 29.5 Å². The summed E-state index contributed by atoms with van der Waals surface area (Å²) in [6.45, 7) is 1.13. The van der Waals surface area contributed by atoms with Crippen LogP contribution < -0.4 is 5.32 Å². The van der Waals surface area contributed by atoms with Gasteiger partial charge in [0.05, 0.1) is 6.20 Å². The molecule has 1 aliphatic heterocycles. The minimum Gasteiger partial charge on any atom is -0.368 e. The normalized spacial score (nSPS) is 17.9. The Morgan fingerprint density at radius 2 is 2.33 bits per heavy atom. The molecule has 1 N–H and O–H groups in total. The standard InChI is InChI=1S/C15H18N4O2/c1-19-10-13(9-18-19)12-5-11(6-16-8-12)7-17-15(20)14-3-2-4-21-14/h5-6,8-10,14H,2-4,7H2,1H3,(H,17,20)/t14-/m1/s1. The number of ether oxygens (including phenoxy) is 1. The predicted molar refractivity (Wildman–Crippen MR) is 77.3 cm³/mol. The fourth-order valence-electron chi connectivity index (χ4n) is 2.40. The van der Waals surface area contributed by atoms with Gasteiger partial charge in [-0.05, 0) is 24.5 Å². The van der Waals surface area contributed by atoms with Crippen LogP contribution in [0.4, 0.5) is 0 Å². The Morgan fingerprint density at radius 1 is 1.43 bits per heavy atom. The number of rotatable bonds is 4. The minimum atomic E-state index is -0.292. The third-order valence-corrected chi connectivity index (χ3v) is 3.52.